The molecule has 142 valence electrons. The minimum atomic E-state index is -0.454. The molecule has 1 saturated heterocycles. The maximum absolute atomic E-state index is 14.0. The molecule has 2 aliphatic heterocycles. The number of hydrogen-bond donors (Lipinski definition) is 0. The van der Waals surface area contributed by atoms with Gasteiger partial charge in [0.2, 0.25) is 11.9 Å². The predicted molar refractivity (Wildman–Crippen MR) is 99.3 cm³/mol. The summed E-state index contributed by atoms with van der Waals surface area (Å²) in [5, 5.41) is 0.276. The number of aromatic nitrogens is 2. The Hall–Kier alpha value is -2.25. The molecule has 4 rings (SSSR count). The average molecular weight is 391 g/mol. The Morgan fingerprint density at radius 2 is 2.07 bits per heavy atom. The van der Waals surface area contributed by atoms with Gasteiger partial charge in [0.1, 0.15) is 5.82 Å². The van der Waals surface area contributed by atoms with E-state index < -0.39 is 5.82 Å². The third kappa shape index (κ3) is 3.89. The molecule has 27 heavy (non-hydrogen) atoms. The maximum atomic E-state index is 14.0. The van der Waals surface area contributed by atoms with Crippen LogP contribution in [0.1, 0.15) is 16.8 Å². The second kappa shape index (κ2) is 7.78. The second-order valence-electron chi connectivity index (χ2n) is 6.68. The molecule has 6 nitrogen and oxygen atoms in total. The highest BCUT2D eigenvalue weighted by molar-refractivity contribution is 6.31. The van der Waals surface area contributed by atoms with Crippen molar-refractivity contribution in [2.24, 2.45) is 0 Å². The highest BCUT2D eigenvalue weighted by atomic mass is 35.5. The van der Waals surface area contributed by atoms with Crippen LogP contribution in [-0.4, -0.2) is 53.6 Å². The Morgan fingerprint density at radius 1 is 1.26 bits per heavy atom. The lowest BCUT2D eigenvalue weighted by molar-refractivity contribution is -0.131. The van der Waals surface area contributed by atoms with Gasteiger partial charge in [0.05, 0.1) is 31.9 Å². The van der Waals surface area contributed by atoms with Gasteiger partial charge < -0.3 is 14.5 Å². The summed E-state index contributed by atoms with van der Waals surface area (Å²) in [7, 11) is 0. The van der Waals surface area contributed by atoms with E-state index in [1.807, 2.05) is 6.20 Å². The van der Waals surface area contributed by atoms with Crippen molar-refractivity contribution >= 4 is 23.5 Å². The van der Waals surface area contributed by atoms with E-state index in [4.69, 9.17) is 16.3 Å². The number of halogens is 2. The zero-order chi connectivity index (χ0) is 18.8. The summed E-state index contributed by atoms with van der Waals surface area (Å²) >= 11 is 6.05. The first kappa shape index (κ1) is 18.1. The smallest absolute Gasteiger partial charge is 0.227 e. The summed E-state index contributed by atoms with van der Waals surface area (Å²) in [6.45, 7) is 3.81. The van der Waals surface area contributed by atoms with Crippen LogP contribution in [0.5, 0.6) is 0 Å². The lowest BCUT2D eigenvalue weighted by Crippen LogP contribution is -2.40. The Balaban J connectivity index is 1.49. The average Bonchev–Trinajstić information content (AvgIpc) is 2.70. The van der Waals surface area contributed by atoms with Crippen LogP contribution in [0, 0.1) is 5.82 Å². The van der Waals surface area contributed by atoms with Gasteiger partial charge in [-0.15, -0.1) is 0 Å². The molecule has 1 fully saturated rings. The molecule has 0 unspecified atom stereocenters. The number of hydrogen-bond acceptors (Lipinski definition) is 5. The van der Waals surface area contributed by atoms with Crippen molar-refractivity contribution in [1.29, 1.82) is 0 Å². The molecule has 3 heterocycles. The minimum absolute atomic E-state index is 0.0533. The van der Waals surface area contributed by atoms with Crippen LogP contribution in [0.15, 0.2) is 24.4 Å². The van der Waals surface area contributed by atoms with Crippen LogP contribution in [0.4, 0.5) is 10.3 Å². The topological polar surface area (TPSA) is 58.6 Å². The molecule has 2 aliphatic rings. The molecule has 0 saturated carbocycles. The van der Waals surface area contributed by atoms with Crippen molar-refractivity contribution in [1.82, 2.24) is 14.9 Å². The van der Waals surface area contributed by atoms with Crippen LogP contribution in [-0.2, 0) is 28.9 Å². The van der Waals surface area contributed by atoms with Crippen molar-refractivity contribution in [3.8, 4) is 0 Å². The summed E-state index contributed by atoms with van der Waals surface area (Å²) in [4.78, 5) is 25.6. The summed E-state index contributed by atoms with van der Waals surface area (Å²) in [6.07, 6.45) is 2.49. The van der Waals surface area contributed by atoms with E-state index in [9.17, 15) is 9.18 Å². The highest BCUT2D eigenvalue weighted by Gasteiger charge is 2.25. The lowest BCUT2D eigenvalue weighted by atomic mass is 10.1. The van der Waals surface area contributed by atoms with E-state index in [-0.39, 0.29) is 22.9 Å². The molecule has 2 aromatic rings. The van der Waals surface area contributed by atoms with Gasteiger partial charge in [0.25, 0.3) is 0 Å². The standard InChI is InChI=1S/C19H20ClFN4O2/c20-15-2-1-3-16(21)14(15)10-18(26)25-5-4-13-11-22-19(23-17(13)12-25)24-6-8-27-9-7-24/h1-3,11H,4-10,12H2. The zero-order valence-electron chi connectivity index (χ0n) is 14.8. The number of carbonyl (C=O) groups is 1. The maximum Gasteiger partial charge on any atom is 0.227 e. The molecule has 1 aromatic heterocycles. The largest absolute Gasteiger partial charge is 0.378 e. The third-order valence-electron chi connectivity index (χ3n) is 4.97. The zero-order valence-corrected chi connectivity index (χ0v) is 15.6. The number of rotatable bonds is 3. The number of carbonyl (C=O) groups excluding carboxylic acids is 1. The molecule has 0 spiro atoms. The fraction of sp³-hybridized carbons (Fsp3) is 0.421. The van der Waals surface area contributed by atoms with E-state index in [0.29, 0.717) is 38.7 Å². The first-order chi connectivity index (χ1) is 13.1. The number of fused-ring (bicyclic) bond motifs is 1. The summed E-state index contributed by atoms with van der Waals surface area (Å²) in [5.41, 5.74) is 2.15. The number of amides is 1. The Labute approximate surface area is 161 Å². The normalized spacial score (nSPS) is 17.0. The first-order valence-electron chi connectivity index (χ1n) is 9.00. The fourth-order valence-corrected chi connectivity index (χ4v) is 3.62. The van der Waals surface area contributed by atoms with E-state index in [1.54, 1.807) is 11.0 Å². The SMILES string of the molecule is O=C(Cc1c(F)cccc1Cl)N1CCc2cnc(N3CCOCC3)nc2C1. The van der Waals surface area contributed by atoms with Crippen LogP contribution < -0.4 is 4.90 Å². The van der Waals surface area contributed by atoms with Crippen molar-refractivity contribution in [3.63, 3.8) is 0 Å². The van der Waals surface area contributed by atoms with Gasteiger partial charge in [-0.25, -0.2) is 14.4 Å². The highest BCUT2D eigenvalue weighted by Crippen LogP contribution is 2.23. The molecule has 0 N–H and O–H groups in total. The van der Waals surface area contributed by atoms with Gasteiger partial charge in [-0.3, -0.25) is 4.79 Å². The number of anilines is 1. The van der Waals surface area contributed by atoms with Crippen molar-refractivity contribution in [2.75, 3.05) is 37.7 Å². The molecule has 0 aliphatic carbocycles. The van der Waals surface area contributed by atoms with E-state index in [1.165, 1.54) is 12.1 Å². The Bertz CT molecular complexity index is 837. The predicted octanol–water partition coefficient (Wildman–Crippen LogP) is 2.23. The number of ether oxygens (including phenoxy) is 1. The second-order valence-corrected chi connectivity index (χ2v) is 7.09. The van der Waals surface area contributed by atoms with E-state index >= 15 is 0 Å². The van der Waals surface area contributed by atoms with Crippen molar-refractivity contribution < 1.29 is 13.9 Å². The van der Waals surface area contributed by atoms with Gasteiger partial charge in [-0.2, -0.15) is 0 Å². The molecule has 0 radical (unpaired) electrons. The molecular weight excluding hydrogens is 371 g/mol. The van der Waals surface area contributed by atoms with Crippen LogP contribution in [0.3, 0.4) is 0 Å². The fourth-order valence-electron chi connectivity index (χ4n) is 3.39. The molecule has 0 atom stereocenters. The Morgan fingerprint density at radius 3 is 2.85 bits per heavy atom. The monoisotopic (exact) mass is 390 g/mol. The third-order valence-corrected chi connectivity index (χ3v) is 5.32. The first-order valence-corrected chi connectivity index (χ1v) is 9.38. The van der Waals surface area contributed by atoms with Gasteiger partial charge in [0.15, 0.2) is 0 Å². The van der Waals surface area contributed by atoms with Gasteiger partial charge in [-0.1, -0.05) is 17.7 Å². The van der Waals surface area contributed by atoms with Crippen LogP contribution >= 0.6 is 11.6 Å². The molecule has 1 amide bonds. The molecular formula is C19H20ClFN4O2. The van der Waals surface area contributed by atoms with E-state index in [2.05, 4.69) is 14.9 Å². The van der Waals surface area contributed by atoms with Gasteiger partial charge in [0, 0.05) is 36.4 Å². The summed E-state index contributed by atoms with van der Waals surface area (Å²) in [5.74, 6) is 0.0628. The Kier molecular flexibility index (Phi) is 5.22. The van der Waals surface area contributed by atoms with Crippen molar-refractivity contribution in [3.05, 3.63) is 52.1 Å². The quantitative estimate of drug-likeness (QED) is 0.804. The molecule has 1 aromatic carbocycles. The van der Waals surface area contributed by atoms with Gasteiger partial charge >= 0.3 is 0 Å². The minimum Gasteiger partial charge on any atom is -0.378 e. The summed E-state index contributed by atoms with van der Waals surface area (Å²) in [6, 6.07) is 4.45. The number of benzene rings is 1. The van der Waals surface area contributed by atoms with E-state index in [0.717, 1.165) is 24.3 Å². The van der Waals surface area contributed by atoms with Crippen LogP contribution in [0.25, 0.3) is 0 Å². The molecule has 8 heteroatoms. The summed E-state index contributed by atoms with van der Waals surface area (Å²) < 4.78 is 19.4. The number of nitrogens with zero attached hydrogens (tertiary/aromatic N) is 4. The molecule has 0 bridgehead atoms. The van der Waals surface area contributed by atoms with Crippen LogP contribution in [0.2, 0.25) is 5.02 Å². The van der Waals surface area contributed by atoms with Crippen molar-refractivity contribution in [2.45, 2.75) is 19.4 Å². The lowest BCUT2D eigenvalue weighted by Gasteiger charge is -2.31. The number of morpholine rings is 1. The van der Waals surface area contributed by atoms with Gasteiger partial charge in [-0.05, 0) is 24.1 Å².